The van der Waals surface area contributed by atoms with Crippen molar-refractivity contribution in [1.82, 2.24) is 14.8 Å². The van der Waals surface area contributed by atoms with E-state index >= 15 is 0 Å². The summed E-state index contributed by atoms with van der Waals surface area (Å²) in [5.41, 5.74) is 0.701. The first-order valence-electron chi connectivity index (χ1n) is 7.77. The highest BCUT2D eigenvalue weighted by molar-refractivity contribution is 6.32. The minimum Gasteiger partial charge on any atom is -0.485 e. The van der Waals surface area contributed by atoms with Crippen LogP contribution in [0.3, 0.4) is 0 Å². The van der Waals surface area contributed by atoms with Crippen molar-refractivity contribution in [2.75, 3.05) is 0 Å². The summed E-state index contributed by atoms with van der Waals surface area (Å²) in [6.07, 6.45) is 0. The van der Waals surface area contributed by atoms with Gasteiger partial charge in [-0.2, -0.15) is 5.10 Å². The van der Waals surface area contributed by atoms with Crippen LogP contribution in [-0.2, 0) is 13.7 Å². The van der Waals surface area contributed by atoms with Crippen LogP contribution in [0.25, 0.3) is 4.85 Å². The Balaban J connectivity index is 1.87. The fraction of sp³-hybridized carbons (Fsp3) is 0.167. The van der Waals surface area contributed by atoms with Crippen molar-refractivity contribution >= 4 is 28.9 Å². The summed E-state index contributed by atoms with van der Waals surface area (Å²) in [4.78, 5) is 14.8. The molecule has 0 saturated carbocycles. The summed E-state index contributed by atoms with van der Waals surface area (Å²) in [6, 6.07) is 8.06. The molecule has 0 aliphatic heterocycles. The topological polar surface area (TPSA) is 73.5 Å². The van der Waals surface area contributed by atoms with Crippen molar-refractivity contribution in [3.8, 4) is 17.2 Å². The van der Waals surface area contributed by atoms with Crippen LogP contribution < -0.4 is 15.2 Å². The van der Waals surface area contributed by atoms with Crippen LogP contribution in [0.2, 0.25) is 10.0 Å². The zero-order valence-corrected chi connectivity index (χ0v) is 15.9. The van der Waals surface area contributed by atoms with Crippen molar-refractivity contribution < 1.29 is 9.47 Å². The molecule has 0 aliphatic carbocycles. The lowest BCUT2D eigenvalue weighted by atomic mass is 10.2. The number of aromatic nitrogens is 3. The van der Waals surface area contributed by atoms with Gasteiger partial charge >= 0.3 is 5.69 Å². The molecule has 7 nitrogen and oxygen atoms in total. The van der Waals surface area contributed by atoms with Crippen molar-refractivity contribution in [3.63, 3.8) is 0 Å². The number of ether oxygens (including phenoxy) is 2. The van der Waals surface area contributed by atoms with Gasteiger partial charge < -0.3 is 9.47 Å². The fourth-order valence-electron chi connectivity index (χ4n) is 2.36. The lowest BCUT2D eigenvalue weighted by Gasteiger charge is -2.15. The lowest BCUT2D eigenvalue weighted by molar-refractivity contribution is 0.287. The standard InChI is InChI=1S/C18H14Cl2N4O3/c1-10-15(26-9-16-22-23-18(25)24(16)3)5-4-14(20)17(10)27-13-7-11(19)6-12(8-13)21-2/h4-8H,9H2,1,3H3,(H,23,25). The van der Waals surface area contributed by atoms with Gasteiger partial charge in [0.1, 0.15) is 18.1 Å². The maximum absolute atomic E-state index is 11.4. The Hall–Kier alpha value is -2.95. The lowest BCUT2D eigenvalue weighted by Crippen LogP contribution is -2.15. The molecule has 9 heteroatoms. The quantitative estimate of drug-likeness (QED) is 0.628. The summed E-state index contributed by atoms with van der Waals surface area (Å²) in [6.45, 7) is 9.01. The van der Waals surface area contributed by atoms with Gasteiger partial charge in [0.25, 0.3) is 0 Å². The SMILES string of the molecule is [C-]#[N+]c1cc(Cl)cc(Oc2c(Cl)ccc(OCc3n[nH]c(=O)n3C)c2C)c1. The van der Waals surface area contributed by atoms with E-state index in [2.05, 4.69) is 15.0 Å². The number of nitrogens with zero attached hydrogens (tertiary/aromatic N) is 3. The van der Waals surface area contributed by atoms with E-state index < -0.39 is 0 Å². The van der Waals surface area contributed by atoms with E-state index in [0.717, 1.165) is 0 Å². The third-order valence-electron chi connectivity index (χ3n) is 3.84. The first-order chi connectivity index (χ1) is 12.9. The Morgan fingerprint density at radius 3 is 2.74 bits per heavy atom. The fourth-order valence-corrected chi connectivity index (χ4v) is 2.83. The molecule has 27 heavy (non-hydrogen) atoms. The zero-order valence-electron chi connectivity index (χ0n) is 14.4. The van der Waals surface area contributed by atoms with Gasteiger partial charge in [-0.25, -0.2) is 14.7 Å². The minimum atomic E-state index is -0.318. The molecule has 0 fully saturated rings. The van der Waals surface area contributed by atoms with Crippen LogP contribution in [0.1, 0.15) is 11.4 Å². The summed E-state index contributed by atoms with van der Waals surface area (Å²) < 4.78 is 13.0. The number of aromatic amines is 1. The number of rotatable bonds is 5. The molecule has 3 aromatic rings. The molecule has 0 unspecified atom stereocenters. The molecule has 138 valence electrons. The Morgan fingerprint density at radius 2 is 2.07 bits per heavy atom. The zero-order chi connectivity index (χ0) is 19.6. The van der Waals surface area contributed by atoms with Crippen molar-refractivity contribution in [3.05, 3.63) is 73.7 Å². The highest BCUT2D eigenvalue weighted by Crippen LogP contribution is 2.39. The summed E-state index contributed by atoms with van der Waals surface area (Å²) in [5.74, 6) is 1.76. The molecule has 2 aromatic carbocycles. The molecular weight excluding hydrogens is 391 g/mol. The van der Waals surface area contributed by atoms with Gasteiger partial charge in [0.2, 0.25) is 0 Å². The monoisotopic (exact) mass is 404 g/mol. The molecule has 0 bridgehead atoms. The van der Waals surface area contributed by atoms with Crippen LogP contribution in [0.15, 0.2) is 35.1 Å². The maximum Gasteiger partial charge on any atom is 0.343 e. The van der Waals surface area contributed by atoms with Gasteiger partial charge in [0.05, 0.1) is 11.6 Å². The molecule has 0 amide bonds. The van der Waals surface area contributed by atoms with Crippen LogP contribution in [0.4, 0.5) is 5.69 Å². The molecule has 0 spiro atoms. The molecule has 1 heterocycles. The van der Waals surface area contributed by atoms with E-state index in [1.807, 2.05) is 0 Å². The average Bonchev–Trinajstić information content (AvgIpc) is 2.96. The first kappa shape index (κ1) is 18.8. The average molecular weight is 405 g/mol. The minimum absolute atomic E-state index is 0.0934. The molecule has 0 aliphatic rings. The van der Waals surface area contributed by atoms with E-state index in [1.54, 1.807) is 44.3 Å². The van der Waals surface area contributed by atoms with Crippen LogP contribution in [-0.4, -0.2) is 14.8 Å². The van der Waals surface area contributed by atoms with Crippen LogP contribution in [0.5, 0.6) is 17.2 Å². The molecule has 0 atom stereocenters. The van der Waals surface area contributed by atoms with Crippen LogP contribution in [0, 0.1) is 13.5 Å². The third kappa shape index (κ3) is 4.08. The highest BCUT2D eigenvalue weighted by atomic mass is 35.5. The Kier molecular flexibility index (Phi) is 5.40. The largest absolute Gasteiger partial charge is 0.485 e. The van der Waals surface area contributed by atoms with E-state index in [0.29, 0.717) is 44.4 Å². The van der Waals surface area contributed by atoms with Crippen molar-refractivity contribution in [2.45, 2.75) is 13.5 Å². The Morgan fingerprint density at radius 1 is 1.30 bits per heavy atom. The van der Waals surface area contributed by atoms with Gasteiger partial charge in [-0.05, 0) is 37.3 Å². The normalized spacial score (nSPS) is 10.5. The summed E-state index contributed by atoms with van der Waals surface area (Å²) >= 11 is 12.3. The third-order valence-corrected chi connectivity index (χ3v) is 4.36. The number of nitrogens with one attached hydrogen (secondary N) is 1. The van der Waals surface area contributed by atoms with Gasteiger partial charge in [-0.3, -0.25) is 4.57 Å². The molecular formula is C18H14Cl2N4O3. The van der Waals surface area contributed by atoms with E-state index in [4.69, 9.17) is 39.2 Å². The van der Waals surface area contributed by atoms with Crippen LogP contribution >= 0.6 is 23.2 Å². The number of halogens is 2. The molecule has 0 radical (unpaired) electrons. The smallest absolute Gasteiger partial charge is 0.343 e. The van der Waals surface area contributed by atoms with Gasteiger partial charge in [0.15, 0.2) is 17.3 Å². The number of benzene rings is 2. The summed E-state index contributed by atoms with van der Waals surface area (Å²) in [5, 5.41) is 7.02. The van der Waals surface area contributed by atoms with E-state index in [-0.39, 0.29) is 12.3 Å². The first-order valence-corrected chi connectivity index (χ1v) is 8.52. The number of hydrogen-bond acceptors (Lipinski definition) is 4. The summed E-state index contributed by atoms with van der Waals surface area (Å²) in [7, 11) is 1.60. The molecule has 1 aromatic heterocycles. The Bertz CT molecular complexity index is 1100. The molecule has 3 rings (SSSR count). The van der Waals surface area contributed by atoms with Crippen molar-refractivity contribution in [1.29, 1.82) is 0 Å². The Labute approximate surface area is 164 Å². The van der Waals surface area contributed by atoms with Gasteiger partial charge in [0, 0.05) is 17.6 Å². The maximum atomic E-state index is 11.4. The second-order valence-electron chi connectivity index (χ2n) is 5.65. The van der Waals surface area contributed by atoms with E-state index in [9.17, 15) is 4.79 Å². The predicted octanol–water partition coefficient (Wildman–Crippen LogP) is 4.65. The second-order valence-corrected chi connectivity index (χ2v) is 6.49. The predicted molar refractivity (Wildman–Crippen MR) is 102 cm³/mol. The molecule has 0 saturated heterocycles. The van der Waals surface area contributed by atoms with Gasteiger partial charge in [-0.15, -0.1) is 0 Å². The van der Waals surface area contributed by atoms with E-state index in [1.165, 1.54) is 4.57 Å². The van der Waals surface area contributed by atoms with Gasteiger partial charge in [-0.1, -0.05) is 23.2 Å². The highest BCUT2D eigenvalue weighted by Gasteiger charge is 2.14. The second kappa shape index (κ2) is 7.74. The number of H-pyrrole nitrogens is 1. The number of hydrogen-bond donors (Lipinski definition) is 1. The van der Waals surface area contributed by atoms with Crippen molar-refractivity contribution in [2.24, 2.45) is 7.05 Å². The molecule has 1 N–H and O–H groups in total.